The van der Waals surface area contributed by atoms with Crippen LogP contribution >= 0.6 is 0 Å². The Bertz CT molecular complexity index is 1480. The number of benzene rings is 1. The molecule has 1 aliphatic carbocycles. The average Bonchev–Trinajstić information content (AvgIpc) is 3.72. The fourth-order valence-electron chi connectivity index (χ4n) is 4.96. The highest BCUT2D eigenvalue weighted by Gasteiger charge is 2.29. The van der Waals surface area contributed by atoms with E-state index in [1.54, 1.807) is 19.2 Å². The highest BCUT2D eigenvalue weighted by molar-refractivity contribution is 5.97. The maximum absolute atomic E-state index is 13.1. The SMILES string of the molecule is COc1c(OCCCN2CCOCC2)ccc2c3n(c(=NC(=O)c4ccc(NC(=O)C5CC5)nc4)nc12)CCN3. The fourth-order valence-corrected chi connectivity index (χ4v) is 4.96. The Hall–Kier alpha value is -4.03. The second-order valence-electron chi connectivity index (χ2n) is 10.1. The van der Waals surface area contributed by atoms with Crippen LogP contribution in [0.5, 0.6) is 11.5 Å². The standard InChI is InChI=1S/C28H33N7O5/c1-38-24-21(40-14-2-10-34-12-15-39-16-13-34)7-6-20-23(24)32-28(35-11-9-29-25(20)35)33-27(37)19-5-8-22(30-17-19)31-26(36)18-3-4-18/h5-8,17-18,29H,2-4,9-16H2,1H3,(H,30,31,36). The molecule has 210 valence electrons. The molecule has 12 nitrogen and oxygen atoms in total. The Morgan fingerprint density at radius 1 is 1.18 bits per heavy atom. The van der Waals surface area contributed by atoms with Crippen LogP contribution in [-0.2, 0) is 16.1 Å². The molecule has 0 bridgehead atoms. The van der Waals surface area contributed by atoms with Gasteiger partial charge in [0.25, 0.3) is 5.91 Å². The third kappa shape index (κ3) is 5.63. The zero-order chi connectivity index (χ0) is 27.5. The molecule has 3 aliphatic rings. The van der Waals surface area contributed by atoms with Gasteiger partial charge in [0.1, 0.15) is 17.2 Å². The third-order valence-corrected chi connectivity index (χ3v) is 7.30. The molecule has 2 aromatic heterocycles. The molecule has 4 heterocycles. The summed E-state index contributed by atoms with van der Waals surface area (Å²) in [6.07, 6.45) is 4.11. The molecule has 1 aromatic carbocycles. The number of hydrogen-bond donors (Lipinski definition) is 2. The van der Waals surface area contributed by atoms with Crippen LogP contribution in [0.4, 0.5) is 11.6 Å². The van der Waals surface area contributed by atoms with Crippen molar-refractivity contribution in [1.29, 1.82) is 0 Å². The number of anilines is 2. The number of carbonyl (C=O) groups excluding carboxylic acids is 2. The lowest BCUT2D eigenvalue weighted by atomic mass is 10.2. The minimum absolute atomic E-state index is 0.0366. The smallest absolute Gasteiger partial charge is 0.281 e. The molecule has 12 heteroatoms. The fraction of sp³-hybridized carbons (Fsp3) is 0.464. The third-order valence-electron chi connectivity index (χ3n) is 7.30. The minimum atomic E-state index is -0.476. The summed E-state index contributed by atoms with van der Waals surface area (Å²) in [5.74, 6) is 1.90. The van der Waals surface area contributed by atoms with Crippen LogP contribution in [0.2, 0.25) is 0 Å². The number of methoxy groups -OCH3 is 1. The van der Waals surface area contributed by atoms with E-state index < -0.39 is 5.91 Å². The van der Waals surface area contributed by atoms with Gasteiger partial charge in [0.05, 0.1) is 32.5 Å². The minimum Gasteiger partial charge on any atom is -0.491 e. The summed E-state index contributed by atoms with van der Waals surface area (Å²) in [5, 5.41) is 7.02. The molecule has 1 saturated heterocycles. The highest BCUT2D eigenvalue weighted by atomic mass is 16.5. The molecule has 2 N–H and O–H groups in total. The Morgan fingerprint density at radius 3 is 2.77 bits per heavy atom. The van der Waals surface area contributed by atoms with Crippen molar-refractivity contribution in [3.63, 3.8) is 0 Å². The first-order valence-electron chi connectivity index (χ1n) is 13.7. The number of rotatable bonds is 9. The number of hydrogen-bond acceptors (Lipinski definition) is 9. The predicted octanol–water partition coefficient (Wildman–Crippen LogP) is 2.06. The van der Waals surface area contributed by atoms with E-state index in [0.717, 1.165) is 63.3 Å². The first kappa shape index (κ1) is 26.2. The Balaban J connectivity index is 1.24. The largest absolute Gasteiger partial charge is 0.491 e. The number of aromatic nitrogens is 3. The van der Waals surface area contributed by atoms with Crippen LogP contribution < -0.4 is 25.7 Å². The summed E-state index contributed by atoms with van der Waals surface area (Å²) in [7, 11) is 1.59. The van der Waals surface area contributed by atoms with Crippen molar-refractivity contribution in [3.05, 3.63) is 41.6 Å². The van der Waals surface area contributed by atoms with Crippen molar-refractivity contribution in [2.75, 3.05) is 63.7 Å². The number of carbonyl (C=O) groups is 2. The quantitative estimate of drug-likeness (QED) is 0.386. The van der Waals surface area contributed by atoms with E-state index in [-0.39, 0.29) is 17.4 Å². The van der Waals surface area contributed by atoms with E-state index in [1.807, 2.05) is 16.7 Å². The lowest BCUT2D eigenvalue weighted by Crippen LogP contribution is -2.37. The van der Waals surface area contributed by atoms with Crippen LogP contribution in [-0.4, -0.2) is 84.4 Å². The van der Waals surface area contributed by atoms with Crippen LogP contribution in [0, 0.1) is 5.92 Å². The summed E-state index contributed by atoms with van der Waals surface area (Å²) >= 11 is 0. The molecule has 40 heavy (non-hydrogen) atoms. The van der Waals surface area contributed by atoms with E-state index in [1.165, 1.54) is 6.20 Å². The molecule has 2 amide bonds. The lowest BCUT2D eigenvalue weighted by molar-refractivity contribution is -0.117. The van der Waals surface area contributed by atoms with E-state index in [9.17, 15) is 9.59 Å². The van der Waals surface area contributed by atoms with Crippen LogP contribution in [0.3, 0.4) is 0 Å². The van der Waals surface area contributed by atoms with Gasteiger partial charge in [0.15, 0.2) is 11.5 Å². The molecule has 6 rings (SSSR count). The molecule has 2 aliphatic heterocycles. The summed E-state index contributed by atoms with van der Waals surface area (Å²) in [4.78, 5) is 40.8. The number of nitrogens with zero attached hydrogens (tertiary/aromatic N) is 5. The number of amides is 2. The topological polar surface area (TPSA) is 132 Å². The lowest BCUT2D eigenvalue weighted by Gasteiger charge is -2.26. The van der Waals surface area contributed by atoms with Gasteiger partial charge < -0.3 is 24.8 Å². The number of nitrogens with one attached hydrogen (secondary N) is 2. The zero-order valence-corrected chi connectivity index (χ0v) is 22.5. The molecular formula is C28H33N7O5. The summed E-state index contributed by atoms with van der Waals surface area (Å²) in [6.45, 7) is 6.24. The van der Waals surface area contributed by atoms with Crippen molar-refractivity contribution in [3.8, 4) is 11.5 Å². The maximum Gasteiger partial charge on any atom is 0.281 e. The monoisotopic (exact) mass is 547 g/mol. The molecule has 0 unspecified atom stereocenters. The molecule has 3 aromatic rings. The van der Waals surface area contributed by atoms with Gasteiger partial charge in [-0.1, -0.05) is 0 Å². The van der Waals surface area contributed by atoms with E-state index in [4.69, 9.17) is 19.2 Å². The van der Waals surface area contributed by atoms with Gasteiger partial charge in [-0.15, -0.1) is 0 Å². The molecular weight excluding hydrogens is 514 g/mol. The van der Waals surface area contributed by atoms with Crippen molar-refractivity contribution < 1.29 is 23.8 Å². The van der Waals surface area contributed by atoms with Gasteiger partial charge >= 0.3 is 0 Å². The van der Waals surface area contributed by atoms with Gasteiger partial charge in [0.2, 0.25) is 11.5 Å². The van der Waals surface area contributed by atoms with Crippen molar-refractivity contribution in [2.45, 2.75) is 25.8 Å². The van der Waals surface area contributed by atoms with Gasteiger partial charge in [-0.05, 0) is 43.5 Å². The normalized spacial score (nSPS) is 17.4. The Kier molecular flexibility index (Phi) is 7.60. The van der Waals surface area contributed by atoms with Crippen LogP contribution in [0.25, 0.3) is 10.9 Å². The van der Waals surface area contributed by atoms with Crippen molar-refractivity contribution >= 4 is 34.4 Å². The average molecular weight is 548 g/mol. The van der Waals surface area contributed by atoms with Crippen molar-refractivity contribution in [1.82, 2.24) is 19.4 Å². The summed E-state index contributed by atoms with van der Waals surface area (Å²) < 4.78 is 19.2. The van der Waals surface area contributed by atoms with Crippen LogP contribution in [0.1, 0.15) is 29.6 Å². The zero-order valence-electron chi connectivity index (χ0n) is 22.5. The Morgan fingerprint density at radius 2 is 2.02 bits per heavy atom. The maximum atomic E-state index is 13.1. The second kappa shape index (κ2) is 11.6. The highest BCUT2D eigenvalue weighted by Crippen LogP contribution is 2.37. The van der Waals surface area contributed by atoms with Crippen molar-refractivity contribution in [2.24, 2.45) is 10.9 Å². The van der Waals surface area contributed by atoms with E-state index >= 15 is 0 Å². The second-order valence-corrected chi connectivity index (χ2v) is 10.1. The molecule has 0 atom stereocenters. The van der Waals surface area contributed by atoms with Gasteiger partial charge in [-0.2, -0.15) is 4.99 Å². The molecule has 1 saturated carbocycles. The molecule has 0 spiro atoms. The number of ether oxygens (including phenoxy) is 3. The predicted molar refractivity (Wildman–Crippen MR) is 148 cm³/mol. The van der Waals surface area contributed by atoms with Gasteiger partial charge in [-0.25, -0.2) is 9.97 Å². The number of morpholine rings is 1. The molecule has 0 radical (unpaired) electrons. The number of pyridine rings is 1. The summed E-state index contributed by atoms with van der Waals surface area (Å²) in [6, 6.07) is 7.07. The first-order chi connectivity index (χ1) is 19.6. The molecule has 2 fully saturated rings. The van der Waals surface area contributed by atoms with E-state index in [2.05, 4.69) is 25.5 Å². The van der Waals surface area contributed by atoms with Gasteiger partial charge in [-0.3, -0.25) is 19.1 Å². The van der Waals surface area contributed by atoms with Gasteiger partial charge in [0, 0.05) is 50.2 Å². The van der Waals surface area contributed by atoms with Crippen LogP contribution in [0.15, 0.2) is 35.5 Å². The number of fused-ring (bicyclic) bond motifs is 3. The summed E-state index contributed by atoms with van der Waals surface area (Å²) in [5.41, 5.74) is 1.14. The first-order valence-corrected chi connectivity index (χ1v) is 13.7. The Labute approximate surface area is 231 Å². The van der Waals surface area contributed by atoms with E-state index in [0.29, 0.717) is 48.1 Å².